The van der Waals surface area contributed by atoms with E-state index in [0.717, 1.165) is 18.5 Å². The first-order valence-electron chi connectivity index (χ1n) is 6.18. The summed E-state index contributed by atoms with van der Waals surface area (Å²) in [4.78, 5) is 0. The lowest BCUT2D eigenvalue weighted by Gasteiger charge is -2.28. The molecule has 18 heavy (non-hydrogen) atoms. The molecule has 1 aromatic rings. The van der Waals surface area contributed by atoms with Crippen molar-refractivity contribution in [3.63, 3.8) is 0 Å². The highest BCUT2D eigenvalue weighted by Gasteiger charge is 2.22. The maximum atomic E-state index is 13.5. The Labute approximate surface area is 118 Å². The van der Waals surface area contributed by atoms with Crippen LogP contribution >= 0.6 is 15.9 Å². The van der Waals surface area contributed by atoms with Crippen LogP contribution in [0.2, 0.25) is 0 Å². The van der Waals surface area contributed by atoms with E-state index in [1.54, 1.807) is 6.07 Å². The summed E-state index contributed by atoms with van der Waals surface area (Å²) in [6.07, 6.45) is 2.70. The summed E-state index contributed by atoms with van der Waals surface area (Å²) in [7, 11) is 0. The second kappa shape index (κ2) is 6.48. The molecule has 0 saturated heterocycles. The zero-order valence-corrected chi connectivity index (χ0v) is 12.8. The van der Waals surface area contributed by atoms with Gasteiger partial charge in [0.1, 0.15) is 5.82 Å². The molecule has 0 saturated carbocycles. The summed E-state index contributed by atoms with van der Waals surface area (Å²) >= 11 is 3.31. The minimum absolute atomic E-state index is 0.0828. The third-order valence-corrected chi connectivity index (χ3v) is 3.92. The molecule has 0 bridgehead atoms. The first-order valence-corrected chi connectivity index (χ1v) is 6.97. The molecule has 1 aromatic carbocycles. The molecule has 0 aromatic heterocycles. The number of rotatable bonds is 6. The van der Waals surface area contributed by atoms with E-state index in [1.165, 1.54) is 6.07 Å². The molecule has 3 heteroatoms. The smallest absolute Gasteiger partial charge is 0.137 e. The SMILES string of the molecule is C=CC(C)(CNC(C)C)Cc1cccc(F)c1Br. The van der Waals surface area contributed by atoms with E-state index in [2.05, 4.69) is 48.6 Å². The van der Waals surface area contributed by atoms with Gasteiger partial charge in [0.25, 0.3) is 0 Å². The molecule has 1 rings (SSSR count). The highest BCUT2D eigenvalue weighted by Crippen LogP contribution is 2.29. The molecule has 0 aliphatic rings. The quantitative estimate of drug-likeness (QED) is 0.771. The van der Waals surface area contributed by atoms with Crippen LogP contribution in [-0.4, -0.2) is 12.6 Å². The first-order chi connectivity index (χ1) is 8.38. The third kappa shape index (κ3) is 4.21. The number of hydrogen-bond acceptors (Lipinski definition) is 1. The fourth-order valence-corrected chi connectivity index (χ4v) is 2.17. The molecule has 1 atom stereocenters. The summed E-state index contributed by atoms with van der Waals surface area (Å²) < 4.78 is 14.0. The van der Waals surface area contributed by atoms with Crippen LogP contribution in [-0.2, 0) is 6.42 Å². The van der Waals surface area contributed by atoms with Gasteiger partial charge in [0, 0.05) is 18.0 Å². The minimum Gasteiger partial charge on any atom is -0.314 e. The minimum atomic E-state index is -0.212. The molecule has 0 heterocycles. The van der Waals surface area contributed by atoms with Crippen LogP contribution in [0.3, 0.4) is 0 Å². The average Bonchev–Trinajstić information content (AvgIpc) is 2.33. The van der Waals surface area contributed by atoms with Crippen molar-refractivity contribution in [1.29, 1.82) is 0 Å². The van der Waals surface area contributed by atoms with Crippen molar-refractivity contribution in [2.75, 3.05) is 6.54 Å². The molecule has 0 amide bonds. The van der Waals surface area contributed by atoms with E-state index in [-0.39, 0.29) is 11.2 Å². The van der Waals surface area contributed by atoms with Crippen molar-refractivity contribution < 1.29 is 4.39 Å². The predicted octanol–water partition coefficient (Wildman–Crippen LogP) is 4.32. The molecule has 0 aliphatic carbocycles. The Morgan fingerprint density at radius 2 is 2.17 bits per heavy atom. The van der Waals surface area contributed by atoms with Crippen LogP contribution in [0, 0.1) is 11.2 Å². The van der Waals surface area contributed by atoms with E-state index in [4.69, 9.17) is 0 Å². The summed E-state index contributed by atoms with van der Waals surface area (Å²) in [6.45, 7) is 11.1. The zero-order chi connectivity index (χ0) is 13.8. The van der Waals surface area contributed by atoms with Gasteiger partial charge in [-0.2, -0.15) is 0 Å². The van der Waals surface area contributed by atoms with Crippen molar-refractivity contribution in [1.82, 2.24) is 5.32 Å². The largest absolute Gasteiger partial charge is 0.314 e. The van der Waals surface area contributed by atoms with Gasteiger partial charge in [0.15, 0.2) is 0 Å². The lowest BCUT2D eigenvalue weighted by atomic mass is 9.83. The molecule has 0 radical (unpaired) electrons. The Bertz CT molecular complexity index is 417. The molecule has 0 spiro atoms. The van der Waals surface area contributed by atoms with Gasteiger partial charge in [0.2, 0.25) is 0 Å². The number of benzene rings is 1. The van der Waals surface area contributed by atoms with E-state index >= 15 is 0 Å². The van der Waals surface area contributed by atoms with Gasteiger partial charge < -0.3 is 5.32 Å². The van der Waals surface area contributed by atoms with Gasteiger partial charge >= 0.3 is 0 Å². The van der Waals surface area contributed by atoms with Crippen LogP contribution in [0.15, 0.2) is 35.3 Å². The van der Waals surface area contributed by atoms with Gasteiger partial charge in [-0.1, -0.05) is 39.0 Å². The van der Waals surface area contributed by atoms with Crippen molar-refractivity contribution >= 4 is 15.9 Å². The van der Waals surface area contributed by atoms with Crippen LogP contribution < -0.4 is 5.32 Å². The maximum absolute atomic E-state index is 13.5. The highest BCUT2D eigenvalue weighted by molar-refractivity contribution is 9.10. The second-order valence-electron chi connectivity index (χ2n) is 5.28. The predicted molar refractivity (Wildman–Crippen MR) is 79.2 cm³/mol. The van der Waals surface area contributed by atoms with E-state index in [9.17, 15) is 4.39 Å². The Morgan fingerprint density at radius 3 is 2.72 bits per heavy atom. The van der Waals surface area contributed by atoms with Crippen molar-refractivity contribution in [3.8, 4) is 0 Å². The molecule has 1 nitrogen and oxygen atoms in total. The van der Waals surface area contributed by atoms with Gasteiger partial charge in [0.05, 0.1) is 4.47 Å². The summed E-state index contributed by atoms with van der Waals surface area (Å²) in [5.41, 5.74) is 0.892. The summed E-state index contributed by atoms with van der Waals surface area (Å²) in [6, 6.07) is 5.59. The summed E-state index contributed by atoms with van der Waals surface area (Å²) in [5, 5.41) is 3.41. The number of hydrogen-bond donors (Lipinski definition) is 1. The fraction of sp³-hybridized carbons (Fsp3) is 0.467. The average molecular weight is 314 g/mol. The molecular formula is C15H21BrFN. The van der Waals surface area contributed by atoms with Gasteiger partial charge in [-0.25, -0.2) is 4.39 Å². The number of halogens is 2. The standard InChI is InChI=1S/C15H21BrFN/c1-5-15(4,10-18-11(2)3)9-12-7-6-8-13(17)14(12)16/h5-8,11,18H,1,9-10H2,2-4H3. The van der Waals surface area contributed by atoms with E-state index < -0.39 is 0 Å². The zero-order valence-electron chi connectivity index (χ0n) is 11.3. The van der Waals surface area contributed by atoms with Crippen molar-refractivity contribution in [2.24, 2.45) is 5.41 Å². The third-order valence-electron chi connectivity index (χ3n) is 3.03. The monoisotopic (exact) mass is 313 g/mol. The molecule has 0 fully saturated rings. The van der Waals surface area contributed by atoms with Gasteiger partial charge in [-0.3, -0.25) is 0 Å². The Kier molecular flexibility index (Phi) is 5.54. The Balaban J connectivity index is 2.84. The highest BCUT2D eigenvalue weighted by atomic mass is 79.9. The summed E-state index contributed by atoms with van der Waals surface area (Å²) in [5.74, 6) is -0.212. The molecule has 1 unspecified atom stereocenters. The molecule has 0 aliphatic heterocycles. The van der Waals surface area contributed by atoms with Crippen LogP contribution in [0.25, 0.3) is 0 Å². The Morgan fingerprint density at radius 1 is 1.50 bits per heavy atom. The van der Waals surface area contributed by atoms with Crippen molar-refractivity contribution in [3.05, 3.63) is 46.7 Å². The van der Waals surface area contributed by atoms with Crippen molar-refractivity contribution in [2.45, 2.75) is 33.2 Å². The first kappa shape index (κ1) is 15.4. The topological polar surface area (TPSA) is 12.0 Å². The van der Waals surface area contributed by atoms with Gasteiger partial charge in [-0.15, -0.1) is 6.58 Å². The normalized spacial score (nSPS) is 14.6. The van der Waals surface area contributed by atoms with E-state index in [0.29, 0.717) is 10.5 Å². The van der Waals surface area contributed by atoms with Crippen LogP contribution in [0.5, 0.6) is 0 Å². The molecule has 1 N–H and O–H groups in total. The number of nitrogens with one attached hydrogen (secondary N) is 1. The molecular weight excluding hydrogens is 293 g/mol. The van der Waals surface area contributed by atoms with Gasteiger partial charge in [-0.05, 0) is 34.0 Å². The molecule has 100 valence electrons. The van der Waals surface area contributed by atoms with E-state index in [1.807, 2.05) is 12.1 Å². The lowest BCUT2D eigenvalue weighted by molar-refractivity contribution is 0.372. The van der Waals surface area contributed by atoms with Crippen LogP contribution in [0.1, 0.15) is 26.3 Å². The second-order valence-corrected chi connectivity index (χ2v) is 6.08. The van der Waals surface area contributed by atoms with Crippen LogP contribution in [0.4, 0.5) is 4.39 Å². The maximum Gasteiger partial charge on any atom is 0.137 e. The lowest BCUT2D eigenvalue weighted by Crippen LogP contribution is -2.35. The Hall–Kier alpha value is -0.670. The fourth-order valence-electron chi connectivity index (χ4n) is 1.76.